The summed E-state index contributed by atoms with van der Waals surface area (Å²) in [5.41, 5.74) is 7.20. The van der Waals surface area contributed by atoms with Gasteiger partial charge in [0.15, 0.2) is 0 Å². The SMILES string of the molecule is CC(C)(C)c1ccc(-c2nnc(-c3ccc(-c4nnc(-c5ccc(C(C)(C)C)cc5)s4)cc3)s2)cc1. The third-order valence-corrected chi connectivity index (χ3v) is 8.27. The van der Waals surface area contributed by atoms with Gasteiger partial charge in [-0.05, 0) is 22.0 Å². The maximum absolute atomic E-state index is 4.45. The Hall–Kier alpha value is -3.22. The zero-order valence-corrected chi connectivity index (χ0v) is 23.2. The zero-order chi connectivity index (χ0) is 25.5. The van der Waals surface area contributed by atoms with E-state index >= 15 is 0 Å². The number of benzene rings is 3. The molecule has 0 radical (unpaired) electrons. The summed E-state index contributed by atoms with van der Waals surface area (Å²) < 4.78 is 0. The molecule has 0 N–H and O–H groups in total. The second-order valence-corrected chi connectivity index (χ2v) is 13.0. The van der Waals surface area contributed by atoms with Crippen LogP contribution in [-0.2, 0) is 10.8 Å². The fraction of sp³-hybridized carbons (Fsp3) is 0.267. The van der Waals surface area contributed by atoms with E-state index in [2.05, 4.69) is 135 Å². The summed E-state index contributed by atoms with van der Waals surface area (Å²) in [4.78, 5) is 0. The molecule has 36 heavy (non-hydrogen) atoms. The molecule has 0 aliphatic heterocycles. The van der Waals surface area contributed by atoms with E-state index in [4.69, 9.17) is 0 Å². The first-order valence-corrected chi connectivity index (χ1v) is 13.7. The minimum Gasteiger partial charge on any atom is -0.138 e. The molecule has 182 valence electrons. The fourth-order valence-corrected chi connectivity index (χ4v) is 5.60. The van der Waals surface area contributed by atoms with Gasteiger partial charge < -0.3 is 0 Å². The molecule has 0 saturated carbocycles. The normalized spacial score (nSPS) is 12.2. The van der Waals surface area contributed by atoms with Crippen LogP contribution in [0.1, 0.15) is 52.7 Å². The molecule has 0 fully saturated rings. The van der Waals surface area contributed by atoms with Crippen LogP contribution in [0, 0.1) is 0 Å². The number of hydrogen-bond acceptors (Lipinski definition) is 6. The first-order chi connectivity index (χ1) is 17.1. The molecule has 2 aromatic heterocycles. The highest BCUT2D eigenvalue weighted by Gasteiger charge is 2.16. The molecule has 0 amide bonds. The lowest BCUT2D eigenvalue weighted by atomic mass is 9.87. The standard InChI is InChI=1S/C30H30N4S2/c1-29(2,3)23-15-11-21(12-16-23)27-33-31-25(35-27)19-7-9-20(10-8-19)26-32-34-28(36-26)22-13-17-24(18-14-22)30(4,5)6/h7-18H,1-6H3. The highest BCUT2D eigenvalue weighted by molar-refractivity contribution is 7.18. The van der Waals surface area contributed by atoms with Gasteiger partial charge >= 0.3 is 0 Å². The van der Waals surface area contributed by atoms with Crippen LogP contribution in [-0.4, -0.2) is 20.4 Å². The minimum absolute atomic E-state index is 0.136. The Morgan fingerprint density at radius 2 is 0.611 bits per heavy atom. The van der Waals surface area contributed by atoms with Gasteiger partial charge in [-0.15, -0.1) is 20.4 Å². The van der Waals surface area contributed by atoms with Crippen molar-refractivity contribution in [2.45, 2.75) is 52.4 Å². The minimum atomic E-state index is 0.136. The van der Waals surface area contributed by atoms with Crippen LogP contribution in [0.4, 0.5) is 0 Å². The summed E-state index contributed by atoms with van der Waals surface area (Å²) in [5.74, 6) is 0. The second-order valence-electron chi connectivity index (χ2n) is 11.1. The van der Waals surface area contributed by atoms with E-state index in [0.29, 0.717) is 0 Å². The molecular weight excluding hydrogens is 480 g/mol. The van der Waals surface area contributed by atoms with Crippen molar-refractivity contribution in [1.29, 1.82) is 0 Å². The fourth-order valence-electron chi connectivity index (χ4n) is 3.89. The molecule has 0 aliphatic carbocycles. The highest BCUT2D eigenvalue weighted by Crippen LogP contribution is 2.35. The van der Waals surface area contributed by atoms with Crippen LogP contribution in [0.3, 0.4) is 0 Å². The van der Waals surface area contributed by atoms with Crippen molar-refractivity contribution in [3.05, 3.63) is 83.9 Å². The number of nitrogens with zero attached hydrogens (tertiary/aromatic N) is 4. The summed E-state index contributed by atoms with van der Waals surface area (Å²) in [6.45, 7) is 13.3. The first kappa shape index (κ1) is 24.5. The smallest absolute Gasteiger partial charge is 0.138 e. The molecule has 5 aromatic rings. The molecule has 0 aliphatic rings. The topological polar surface area (TPSA) is 51.6 Å². The molecule has 0 spiro atoms. The lowest BCUT2D eigenvalue weighted by Gasteiger charge is -2.18. The Labute approximate surface area is 221 Å². The van der Waals surface area contributed by atoms with Gasteiger partial charge in [-0.1, -0.05) is 137 Å². The van der Waals surface area contributed by atoms with Crippen molar-refractivity contribution in [3.8, 4) is 42.3 Å². The van der Waals surface area contributed by atoms with Crippen molar-refractivity contribution in [2.24, 2.45) is 0 Å². The molecule has 0 bridgehead atoms. The Bertz CT molecular complexity index is 1350. The molecule has 0 unspecified atom stereocenters. The van der Waals surface area contributed by atoms with Crippen LogP contribution >= 0.6 is 22.7 Å². The van der Waals surface area contributed by atoms with Crippen molar-refractivity contribution >= 4 is 22.7 Å². The summed E-state index contributed by atoms with van der Waals surface area (Å²) in [6, 6.07) is 25.6. The van der Waals surface area contributed by atoms with Gasteiger partial charge in [-0.25, -0.2) is 0 Å². The van der Waals surface area contributed by atoms with E-state index in [1.807, 2.05) is 0 Å². The van der Waals surface area contributed by atoms with Crippen LogP contribution in [0.5, 0.6) is 0 Å². The van der Waals surface area contributed by atoms with Crippen LogP contribution in [0.2, 0.25) is 0 Å². The number of hydrogen-bond donors (Lipinski definition) is 0. The molecule has 5 rings (SSSR count). The van der Waals surface area contributed by atoms with Gasteiger partial charge in [0, 0.05) is 22.3 Å². The van der Waals surface area contributed by atoms with E-state index < -0.39 is 0 Å². The van der Waals surface area contributed by atoms with E-state index in [1.165, 1.54) is 11.1 Å². The predicted octanol–water partition coefficient (Wildman–Crippen LogP) is 8.65. The Balaban J connectivity index is 1.32. The van der Waals surface area contributed by atoms with Crippen LogP contribution in [0.15, 0.2) is 72.8 Å². The Morgan fingerprint density at radius 1 is 0.389 bits per heavy atom. The molecule has 0 saturated heterocycles. The van der Waals surface area contributed by atoms with Crippen LogP contribution in [0.25, 0.3) is 42.3 Å². The molecule has 2 heterocycles. The van der Waals surface area contributed by atoms with Gasteiger partial charge in [0.25, 0.3) is 0 Å². The Morgan fingerprint density at radius 3 is 0.833 bits per heavy atom. The lowest BCUT2D eigenvalue weighted by molar-refractivity contribution is 0.590. The van der Waals surface area contributed by atoms with E-state index in [0.717, 1.165) is 42.3 Å². The van der Waals surface area contributed by atoms with E-state index in [9.17, 15) is 0 Å². The first-order valence-electron chi connectivity index (χ1n) is 12.1. The summed E-state index contributed by atoms with van der Waals surface area (Å²) in [7, 11) is 0. The molecular formula is C30H30N4S2. The van der Waals surface area contributed by atoms with Crippen molar-refractivity contribution in [3.63, 3.8) is 0 Å². The van der Waals surface area contributed by atoms with Gasteiger partial charge in [0.2, 0.25) is 0 Å². The van der Waals surface area contributed by atoms with Crippen molar-refractivity contribution in [1.82, 2.24) is 20.4 Å². The predicted molar refractivity (Wildman–Crippen MR) is 153 cm³/mol. The molecule has 0 atom stereocenters. The average molecular weight is 511 g/mol. The average Bonchev–Trinajstić information content (AvgIpc) is 3.54. The third-order valence-electron chi connectivity index (χ3n) is 6.22. The lowest BCUT2D eigenvalue weighted by Crippen LogP contribution is -2.10. The van der Waals surface area contributed by atoms with E-state index in [1.54, 1.807) is 22.7 Å². The zero-order valence-electron chi connectivity index (χ0n) is 21.5. The monoisotopic (exact) mass is 510 g/mol. The largest absolute Gasteiger partial charge is 0.148 e. The van der Waals surface area contributed by atoms with Gasteiger partial charge in [0.1, 0.15) is 20.0 Å². The molecule has 4 nitrogen and oxygen atoms in total. The summed E-state index contributed by atoms with van der Waals surface area (Å²) in [6.07, 6.45) is 0. The van der Waals surface area contributed by atoms with Gasteiger partial charge in [0.05, 0.1) is 0 Å². The van der Waals surface area contributed by atoms with E-state index in [-0.39, 0.29) is 10.8 Å². The Kier molecular flexibility index (Phi) is 6.35. The maximum Gasteiger partial charge on any atom is 0.148 e. The quantitative estimate of drug-likeness (QED) is 0.243. The van der Waals surface area contributed by atoms with Gasteiger partial charge in [-0.2, -0.15) is 0 Å². The molecule has 3 aromatic carbocycles. The highest BCUT2D eigenvalue weighted by atomic mass is 32.1. The number of aromatic nitrogens is 4. The van der Waals surface area contributed by atoms with Crippen molar-refractivity contribution in [2.75, 3.05) is 0 Å². The number of rotatable bonds is 4. The van der Waals surface area contributed by atoms with Crippen molar-refractivity contribution < 1.29 is 0 Å². The summed E-state index contributed by atoms with van der Waals surface area (Å²) in [5, 5.41) is 21.5. The second kappa shape index (κ2) is 9.34. The summed E-state index contributed by atoms with van der Waals surface area (Å²) >= 11 is 3.22. The van der Waals surface area contributed by atoms with Crippen LogP contribution < -0.4 is 0 Å². The maximum atomic E-state index is 4.45. The van der Waals surface area contributed by atoms with Gasteiger partial charge in [-0.3, -0.25) is 0 Å². The third kappa shape index (κ3) is 5.15. The molecule has 6 heteroatoms.